The second-order valence-electron chi connectivity index (χ2n) is 4.95. The van der Waals surface area contributed by atoms with Gasteiger partial charge in [0, 0.05) is 5.56 Å². The highest BCUT2D eigenvalue weighted by atomic mass is 16.5. The first-order valence-corrected chi connectivity index (χ1v) is 7.26. The van der Waals surface area contributed by atoms with E-state index in [0.717, 1.165) is 5.56 Å². The van der Waals surface area contributed by atoms with Crippen LogP contribution in [0, 0.1) is 0 Å². The Morgan fingerprint density at radius 1 is 1.38 bits per heavy atom. The van der Waals surface area contributed by atoms with Crippen molar-refractivity contribution in [3.63, 3.8) is 0 Å². The van der Waals surface area contributed by atoms with Crippen LogP contribution >= 0.6 is 0 Å². The topological polar surface area (TPSA) is 106 Å². The predicted octanol–water partition coefficient (Wildman–Crippen LogP) is 0.717. The molecule has 126 valence electrons. The van der Waals surface area contributed by atoms with Crippen molar-refractivity contribution in [2.24, 2.45) is 0 Å². The Morgan fingerprint density at radius 2 is 2.12 bits per heavy atom. The van der Waals surface area contributed by atoms with Crippen molar-refractivity contribution in [2.45, 2.75) is 12.6 Å². The van der Waals surface area contributed by atoms with Crippen molar-refractivity contribution in [3.8, 4) is 11.3 Å². The zero-order chi connectivity index (χ0) is 17.4. The molecule has 0 aliphatic rings. The molecule has 0 aliphatic heterocycles. The van der Waals surface area contributed by atoms with Gasteiger partial charge in [-0.2, -0.15) is 0 Å². The third-order valence-corrected chi connectivity index (χ3v) is 3.07. The molecule has 8 nitrogen and oxygen atoms in total. The van der Waals surface area contributed by atoms with Gasteiger partial charge >= 0.3 is 5.97 Å². The van der Waals surface area contributed by atoms with E-state index in [9.17, 15) is 9.59 Å². The van der Waals surface area contributed by atoms with Gasteiger partial charge in [0.05, 0.1) is 19.4 Å². The molecule has 0 fully saturated rings. The number of amides is 1. The van der Waals surface area contributed by atoms with Gasteiger partial charge in [-0.05, 0) is 0 Å². The summed E-state index contributed by atoms with van der Waals surface area (Å²) >= 11 is 0. The summed E-state index contributed by atoms with van der Waals surface area (Å²) < 4.78 is 6.42. The summed E-state index contributed by atoms with van der Waals surface area (Å²) in [7, 11) is 0. The fraction of sp³-hybridized carbons (Fsp3) is 0.250. The second kappa shape index (κ2) is 8.59. The van der Waals surface area contributed by atoms with Crippen LogP contribution in [-0.4, -0.2) is 51.2 Å². The highest BCUT2D eigenvalue weighted by Crippen LogP contribution is 2.14. The Hall–Kier alpha value is -3.00. The lowest BCUT2D eigenvalue weighted by Crippen LogP contribution is -2.45. The molecule has 1 unspecified atom stereocenters. The monoisotopic (exact) mass is 330 g/mol. The first-order chi connectivity index (χ1) is 11.6. The van der Waals surface area contributed by atoms with Crippen LogP contribution in [0.2, 0.25) is 0 Å². The van der Waals surface area contributed by atoms with Gasteiger partial charge in [0.15, 0.2) is 6.04 Å². The fourth-order valence-corrected chi connectivity index (χ4v) is 1.95. The average molecular weight is 330 g/mol. The normalized spacial score (nSPS) is 11.7. The van der Waals surface area contributed by atoms with Gasteiger partial charge in [0.2, 0.25) is 5.91 Å². The summed E-state index contributed by atoms with van der Waals surface area (Å²) in [6, 6.07) is 8.28. The third kappa shape index (κ3) is 5.03. The highest BCUT2D eigenvalue weighted by molar-refractivity contribution is 5.83. The van der Waals surface area contributed by atoms with Crippen molar-refractivity contribution in [1.82, 2.24) is 20.3 Å². The number of benzene rings is 1. The molecule has 0 saturated heterocycles. The molecular formula is C16H18N4O4. The largest absolute Gasteiger partial charge is 0.480 e. The molecular weight excluding hydrogens is 312 g/mol. The maximum absolute atomic E-state index is 12.0. The van der Waals surface area contributed by atoms with Crippen molar-refractivity contribution in [1.29, 1.82) is 0 Å². The van der Waals surface area contributed by atoms with Gasteiger partial charge in [-0.1, -0.05) is 41.6 Å². The van der Waals surface area contributed by atoms with E-state index in [-0.39, 0.29) is 19.8 Å². The number of nitrogens with zero attached hydrogens (tertiary/aromatic N) is 3. The molecule has 0 bridgehead atoms. The van der Waals surface area contributed by atoms with E-state index < -0.39 is 17.9 Å². The molecule has 0 radical (unpaired) electrons. The molecule has 2 aromatic rings. The Kier molecular flexibility index (Phi) is 6.21. The number of nitrogens with one attached hydrogen (secondary N) is 1. The molecule has 8 heteroatoms. The van der Waals surface area contributed by atoms with Crippen LogP contribution in [0.4, 0.5) is 0 Å². The number of carboxylic acid groups (broad SMARTS) is 1. The highest BCUT2D eigenvalue weighted by Gasteiger charge is 2.20. The zero-order valence-corrected chi connectivity index (χ0v) is 13.0. The summed E-state index contributed by atoms with van der Waals surface area (Å²) in [6.45, 7) is 3.41. The molecule has 1 heterocycles. The Morgan fingerprint density at radius 3 is 2.79 bits per heavy atom. The summed E-state index contributed by atoms with van der Waals surface area (Å²) in [4.78, 5) is 23.1. The maximum atomic E-state index is 12.0. The minimum absolute atomic E-state index is 0.134. The van der Waals surface area contributed by atoms with Crippen LogP contribution in [0.5, 0.6) is 0 Å². The van der Waals surface area contributed by atoms with Crippen LogP contribution in [0.25, 0.3) is 11.3 Å². The van der Waals surface area contributed by atoms with Crippen LogP contribution in [-0.2, 0) is 20.9 Å². The van der Waals surface area contributed by atoms with Gasteiger partial charge in [-0.25, -0.2) is 9.48 Å². The van der Waals surface area contributed by atoms with E-state index in [0.29, 0.717) is 5.69 Å². The first-order valence-electron chi connectivity index (χ1n) is 7.26. The lowest BCUT2D eigenvalue weighted by atomic mass is 10.2. The number of rotatable bonds is 9. The SMILES string of the molecule is C=CCOCC(NC(=O)Cn1cc(-c2ccccc2)nn1)C(=O)O. The summed E-state index contributed by atoms with van der Waals surface area (Å²) in [5.41, 5.74) is 1.51. The number of hydrogen-bond donors (Lipinski definition) is 2. The van der Waals surface area contributed by atoms with E-state index >= 15 is 0 Å². The molecule has 1 aromatic heterocycles. The minimum atomic E-state index is -1.17. The fourth-order valence-electron chi connectivity index (χ4n) is 1.95. The number of aliphatic carboxylic acids is 1. The maximum Gasteiger partial charge on any atom is 0.328 e. The van der Waals surface area contributed by atoms with E-state index in [1.165, 1.54) is 10.8 Å². The quantitative estimate of drug-likeness (QED) is 0.518. The smallest absolute Gasteiger partial charge is 0.328 e. The Bertz CT molecular complexity index is 699. The van der Waals surface area contributed by atoms with Crippen LogP contribution in [0.3, 0.4) is 0 Å². The van der Waals surface area contributed by atoms with Crippen LogP contribution in [0.15, 0.2) is 49.2 Å². The molecule has 0 saturated carbocycles. The standard InChI is InChI=1S/C16H18N4O4/c1-2-8-24-11-14(16(22)23)17-15(21)10-20-9-13(18-19-20)12-6-4-3-5-7-12/h2-7,9,14H,1,8,10-11H2,(H,17,21)(H,22,23). The van der Waals surface area contributed by atoms with Gasteiger partial charge in [0.1, 0.15) is 12.2 Å². The number of carbonyl (C=O) groups excluding carboxylic acids is 1. The predicted molar refractivity (Wildman–Crippen MR) is 86.0 cm³/mol. The van der Waals surface area contributed by atoms with Crippen molar-refractivity contribution in [2.75, 3.05) is 13.2 Å². The number of ether oxygens (including phenoxy) is 1. The van der Waals surface area contributed by atoms with Gasteiger partial charge in [-0.3, -0.25) is 4.79 Å². The van der Waals surface area contributed by atoms with Gasteiger partial charge in [0.25, 0.3) is 0 Å². The average Bonchev–Trinajstić information content (AvgIpc) is 3.03. The molecule has 1 amide bonds. The van der Waals surface area contributed by atoms with E-state index in [4.69, 9.17) is 9.84 Å². The van der Waals surface area contributed by atoms with Crippen LogP contribution in [0.1, 0.15) is 0 Å². The summed E-state index contributed by atoms with van der Waals surface area (Å²) in [6.07, 6.45) is 3.13. The molecule has 1 aromatic carbocycles. The Labute approximate surface area is 138 Å². The van der Waals surface area contributed by atoms with E-state index in [2.05, 4.69) is 22.2 Å². The number of hydrogen-bond acceptors (Lipinski definition) is 5. The van der Waals surface area contributed by atoms with Gasteiger partial charge < -0.3 is 15.2 Å². The Balaban J connectivity index is 1.93. The lowest BCUT2D eigenvalue weighted by Gasteiger charge is -2.14. The van der Waals surface area contributed by atoms with Gasteiger partial charge in [-0.15, -0.1) is 11.7 Å². The van der Waals surface area contributed by atoms with E-state index in [1.54, 1.807) is 6.20 Å². The number of carboxylic acids is 1. The minimum Gasteiger partial charge on any atom is -0.480 e. The zero-order valence-electron chi connectivity index (χ0n) is 13.0. The molecule has 0 aliphatic carbocycles. The van der Waals surface area contributed by atoms with Crippen molar-refractivity contribution < 1.29 is 19.4 Å². The second-order valence-corrected chi connectivity index (χ2v) is 4.95. The molecule has 2 rings (SSSR count). The first kappa shape index (κ1) is 17.4. The molecule has 0 spiro atoms. The molecule has 24 heavy (non-hydrogen) atoms. The third-order valence-electron chi connectivity index (χ3n) is 3.07. The van der Waals surface area contributed by atoms with Crippen molar-refractivity contribution >= 4 is 11.9 Å². The van der Waals surface area contributed by atoms with Crippen LogP contribution < -0.4 is 5.32 Å². The summed E-state index contributed by atoms with van der Waals surface area (Å²) in [5.74, 6) is -1.66. The molecule has 1 atom stereocenters. The summed E-state index contributed by atoms with van der Waals surface area (Å²) in [5, 5.41) is 19.3. The molecule has 2 N–H and O–H groups in total. The van der Waals surface area contributed by atoms with E-state index in [1.807, 2.05) is 30.3 Å². The number of carbonyl (C=O) groups is 2. The van der Waals surface area contributed by atoms with Crippen molar-refractivity contribution in [3.05, 3.63) is 49.2 Å². The number of aromatic nitrogens is 3. The lowest BCUT2D eigenvalue weighted by molar-refractivity contribution is -0.143.